The average molecular weight is 200 g/mol. The lowest BCUT2D eigenvalue weighted by molar-refractivity contribution is -0.122. The van der Waals surface area contributed by atoms with Crippen LogP contribution in [0, 0.1) is 0 Å². The van der Waals surface area contributed by atoms with Gasteiger partial charge >= 0.3 is 0 Å². The molecule has 0 spiro atoms. The Hall–Kier alpha value is -0.570. The Balaban J connectivity index is 3.93. The van der Waals surface area contributed by atoms with Crippen LogP contribution >= 0.6 is 0 Å². The van der Waals surface area contributed by atoms with Crippen molar-refractivity contribution in [2.24, 2.45) is 0 Å². The van der Waals surface area contributed by atoms with Gasteiger partial charge in [0.25, 0.3) is 0 Å². The van der Waals surface area contributed by atoms with Gasteiger partial charge in [-0.15, -0.1) is 0 Å². The van der Waals surface area contributed by atoms with Crippen LogP contribution < -0.4 is 5.32 Å². The smallest absolute Gasteiger partial charge is 0.210 e. The quantitative estimate of drug-likeness (QED) is 0.700. The predicted molar refractivity (Wildman–Crippen MR) is 60.3 cm³/mol. The molecule has 0 aliphatic rings. The first-order valence-corrected chi connectivity index (χ1v) is 5.14. The molecule has 14 heavy (non-hydrogen) atoms. The van der Waals surface area contributed by atoms with E-state index >= 15 is 0 Å². The molecule has 0 fully saturated rings. The zero-order valence-corrected chi connectivity index (χ0v) is 10.3. The molecule has 0 aromatic heterocycles. The molecule has 3 heteroatoms. The number of carbonyl (C=O) groups is 1. The lowest BCUT2D eigenvalue weighted by Gasteiger charge is -2.33. The molecular weight excluding hydrogens is 176 g/mol. The fourth-order valence-corrected chi connectivity index (χ4v) is 1.10. The third kappa shape index (κ3) is 5.97. The third-order valence-electron chi connectivity index (χ3n) is 2.00. The molecule has 0 saturated heterocycles. The van der Waals surface area contributed by atoms with Crippen LogP contribution in [0.15, 0.2) is 0 Å². The van der Waals surface area contributed by atoms with Gasteiger partial charge in [-0.2, -0.15) is 0 Å². The fraction of sp³-hybridized carbons (Fsp3) is 0.909. The topological polar surface area (TPSA) is 32.3 Å². The minimum atomic E-state index is -0.0820. The molecule has 0 aliphatic heterocycles. The number of rotatable bonds is 4. The van der Waals surface area contributed by atoms with Crippen LogP contribution in [0.2, 0.25) is 0 Å². The molecule has 0 saturated carbocycles. The van der Waals surface area contributed by atoms with Gasteiger partial charge in [0.2, 0.25) is 6.41 Å². The zero-order valence-electron chi connectivity index (χ0n) is 10.3. The number of hydrogen-bond donors (Lipinski definition) is 1. The molecule has 0 aromatic rings. The van der Waals surface area contributed by atoms with Crippen LogP contribution in [0.1, 0.15) is 41.5 Å². The van der Waals surface area contributed by atoms with Gasteiger partial charge in [0.05, 0.1) is 0 Å². The lowest BCUT2D eigenvalue weighted by atomic mass is 10.1. The summed E-state index contributed by atoms with van der Waals surface area (Å²) in [6.45, 7) is 14.1. The van der Waals surface area contributed by atoms with Crippen molar-refractivity contribution in [3.8, 4) is 0 Å². The van der Waals surface area contributed by atoms with E-state index in [2.05, 4.69) is 26.1 Å². The Morgan fingerprint density at radius 1 is 1.14 bits per heavy atom. The van der Waals surface area contributed by atoms with Crippen molar-refractivity contribution in [3.63, 3.8) is 0 Å². The van der Waals surface area contributed by atoms with Crippen molar-refractivity contribution in [2.75, 3.05) is 13.1 Å². The first-order valence-electron chi connectivity index (χ1n) is 5.14. The van der Waals surface area contributed by atoms with Crippen LogP contribution in [0.3, 0.4) is 0 Å². The average Bonchev–Trinajstić information content (AvgIpc) is 1.93. The summed E-state index contributed by atoms with van der Waals surface area (Å²) in [5.41, 5.74) is 0.0355. The number of hydrogen-bond acceptors (Lipinski definition) is 2. The molecule has 1 amide bonds. The first kappa shape index (κ1) is 13.4. The van der Waals surface area contributed by atoms with E-state index in [-0.39, 0.29) is 11.1 Å². The van der Waals surface area contributed by atoms with Crippen molar-refractivity contribution in [2.45, 2.75) is 52.6 Å². The van der Waals surface area contributed by atoms with E-state index in [1.165, 1.54) is 0 Å². The summed E-state index contributed by atoms with van der Waals surface area (Å²) in [5.74, 6) is 0. The zero-order chi connectivity index (χ0) is 11.4. The second-order valence-corrected chi connectivity index (χ2v) is 5.65. The van der Waals surface area contributed by atoms with Crippen molar-refractivity contribution < 1.29 is 4.79 Å². The van der Waals surface area contributed by atoms with E-state index < -0.39 is 0 Å². The van der Waals surface area contributed by atoms with Gasteiger partial charge in [-0.25, -0.2) is 0 Å². The lowest BCUT2D eigenvalue weighted by Crippen LogP contribution is -2.46. The van der Waals surface area contributed by atoms with Crippen molar-refractivity contribution in [1.82, 2.24) is 10.2 Å². The largest absolute Gasteiger partial charge is 0.339 e. The van der Waals surface area contributed by atoms with E-state index in [4.69, 9.17) is 0 Å². The molecule has 0 aliphatic carbocycles. The molecule has 0 rings (SSSR count). The monoisotopic (exact) mass is 200 g/mol. The molecule has 3 nitrogen and oxygen atoms in total. The predicted octanol–water partition coefficient (Wildman–Crippen LogP) is 1.63. The van der Waals surface area contributed by atoms with Crippen molar-refractivity contribution in [3.05, 3.63) is 0 Å². The highest BCUT2D eigenvalue weighted by Gasteiger charge is 2.19. The third-order valence-corrected chi connectivity index (χ3v) is 2.00. The number of nitrogens with one attached hydrogen (secondary N) is 1. The van der Waals surface area contributed by atoms with Gasteiger partial charge in [-0.05, 0) is 41.5 Å². The number of amides is 1. The van der Waals surface area contributed by atoms with E-state index in [0.717, 1.165) is 19.5 Å². The van der Waals surface area contributed by atoms with E-state index in [0.29, 0.717) is 0 Å². The molecule has 0 heterocycles. The Labute approximate surface area is 87.9 Å². The molecule has 0 aromatic carbocycles. The Bertz CT molecular complexity index is 177. The van der Waals surface area contributed by atoms with Crippen LogP contribution in [0.25, 0.3) is 0 Å². The molecule has 0 bridgehead atoms. The van der Waals surface area contributed by atoms with E-state index in [1.54, 1.807) is 0 Å². The first-order chi connectivity index (χ1) is 6.17. The summed E-state index contributed by atoms with van der Waals surface area (Å²) in [5, 5.41) is 3.36. The normalized spacial score (nSPS) is 12.7. The maximum atomic E-state index is 10.8. The maximum Gasteiger partial charge on any atom is 0.210 e. The summed E-state index contributed by atoms with van der Waals surface area (Å²) < 4.78 is 0. The highest BCUT2D eigenvalue weighted by atomic mass is 16.1. The fourth-order valence-electron chi connectivity index (χ4n) is 1.10. The SMILES string of the molecule is CC(C)(C)NCCN(C=O)C(C)(C)C. The van der Waals surface area contributed by atoms with Gasteiger partial charge in [-0.3, -0.25) is 4.79 Å². The molecule has 84 valence electrons. The number of carbonyl (C=O) groups excluding carboxylic acids is 1. The van der Waals surface area contributed by atoms with Gasteiger partial charge in [0.1, 0.15) is 0 Å². The molecule has 1 N–H and O–H groups in total. The highest BCUT2D eigenvalue weighted by molar-refractivity contribution is 5.48. The molecule has 0 atom stereocenters. The molecule has 0 radical (unpaired) electrons. The second kappa shape index (κ2) is 4.78. The van der Waals surface area contributed by atoms with Crippen LogP contribution in [0.5, 0.6) is 0 Å². The highest BCUT2D eigenvalue weighted by Crippen LogP contribution is 2.09. The van der Waals surface area contributed by atoms with E-state index in [9.17, 15) is 4.79 Å². The van der Waals surface area contributed by atoms with Crippen LogP contribution in [0.4, 0.5) is 0 Å². The van der Waals surface area contributed by atoms with Gasteiger partial charge in [0, 0.05) is 24.2 Å². The minimum Gasteiger partial charge on any atom is -0.339 e. The Morgan fingerprint density at radius 2 is 1.64 bits per heavy atom. The van der Waals surface area contributed by atoms with Crippen molar-refractivity contribution in [1.29, 1.82) is 0 Å². The Morgan fingerprint density at radius 3 is 1.93 bits per heavy atom. The second-order valence-electron chi connectivity index (χ2n) is 5.65. The van der Waals surface area contributed by atoms with Crippen LogP contribution in [-0.2, 0) is 4.79 Å². The van der Waals surface area contributed by atoms with Crippen molar-refractivity contribution >= 4 is 6.41 Å². The summed E-state index contributed by atoms with van der Waals surface area (Å²) >= 11 is 0. The maximum absolute atomic E-state index is 10.8. The van der Waals surface area contributed by atoms with Gasteiger partial charge < -0.3 is 10.2 Å². The summed E-state index contributed by atoms with van der Waals surface area (Å²) in [7, 11) is 0. The van der Waals surface area contributed by atoms with E-state index in [1.807, 2.05) is 25.7 Å². The van der Waals surface area contributed by atoms with Crippen LogP contribution in [-0.4, -0.2) is 35.5 Å². The number of nitrogens with zero attached hydrogens (tertiary/aromatic N) is 1. The minimum absolute atomic E-state index is 0.0820. The standard InChI is InChI=1S/C11H24N2O/c1-10(2,3)12-7-8-13(9-14)11(4,5)6/h9,12H,7-8H2,1-6H3. The molecule has 0 unspecified atom stereocenters. The summed E-state index contributed by atoms with van der Waals surface area (Å²) in [4.78, 5) is 12.6. The summed E-state index contributed by atoms with van der Waals surface area (Å²) in [6, 6.07) is 0. The van der Waals surface area contributed by atoms with Gasteiger partial charge in [0.15, 0.2) is 0 Å². The summed E-state index contributed by atoms with van der Waals surface area (Å²) in [6.07, 6.45) is 0.921. The van der Waals surface area contributed by atoms with Gasteiger partial charge in [-0.1, -0.05) is 0 Å². The Kier molecular flexibility index (Phi) is 4.59. The molecular formula is C11H24N2O.